The first-order valence-electron chi connectivity index (χ1n) is 6.06. The summed E-state index contributed by atoms with van der Waals surface area (Å²) in [5.41, 5.74) is 0.540. The zero-order valence-corrected chi connectivity index (χ0v) is 11.9. The number of hydrogen-bond donors (Lipinski definition) is 1. The van der Waals surface area contributed by atoms with Gasteiger partial charge in [0.2, 0.25) is 0 Å². The van der Waals surface area contributed by atoms with Gasteiger partial charge in [0.1, 0.15) is 11.0 Å². The van der Waals surface area contributed by atoms with Crippen molar-refractivity contribution in [2.45, 2.75) is 26.3 Å². The smallest absolute Gasteiger partial charge is 0.284 e. The molecule has 1 atom stereocenters. The largest absolute Gasteiger partial charge is 0.382 e. The minimum Gasteiger partial charge on any atom is -0.382 e. The number of nitrogens with one attached hydrogen (secondary N) is 1. The van der Waals surface area contributed by atoms with Crippen molar-refractivity contribution in [2.75, 3.05) is 11.9 Å². The third kappa shape index (κ3) is 2.94. The van der Waals surface area contributed by atoms with E-state index in [0.717, 1.165) is 18.2 Å². The number of anilines is 1. The Bertz CT molecular complexity index is 528. The zero-order valence-electron chi connectivity index (χ0n) is 10.3. The standard InChI is InChI=1S/C13H16BrN3O/c1-3-6-17-13(18)12(14)11(8-16-17)15-7-9(2)10-4-5-10/h1,8-10,15H,4-7H2,2H3. The topological polar surface area (TPSA) is 46.9 Å². The van der Waals surface area contributed by atoms with Crippen LogP contribution in [0.5, 0.6) is 0 Å². The summed E-state index contributed by atoms with van der Waals surface area (Å²) in [4.78, 5) is 11.9. The molecule has 1 heterocycles. The molecule has 1 unspecified atom stereocenters. The summed E-state index contributed by atoms with van der Waals surface area (Å²) < 4.78 is 1.76. The number of nitrogens with zero attached hydrogens (tertiary/aromatic N) is 2. The number of hydrogen-bond acceptors (Lipinski definition) is 3. The van der Waals surface area contributed by atoms with E-state index in [2.05, 4.69) is 39.2 Å². The second-order valence-electron chi connectivity index (χ2n) is 4.73. The van der Waals surface area contributed by atoms with Gasteiger partial charge in [-0.3, -0.25) is 4.79 Å². The molecule has 1 aromatic heterocycles. The number of terminal acetylenes is 1. The number of aromatic nitrogens is 2. The molecule has 1 aromatic rings. The molecule has 2 rings (SSSR count). The average Bonchev–Trinajstić information content (AvgIpc) is 3.18. The highest BCUT2D eigenvalue weighted by molar-refractivity contribution is 9.10. The Morgan fingerprint density at radius 1 is 1.72 bits per heavy atom. The van der Waals surface area contributed by atoms with Crippen LogP contribution in [-0.4, -0.2) is 16.3 Å². The molecular weight excluding hydrogens is 294 g/mol. The molecule has 0 aliphatic heterocycles. The Kier molecular flexibility index (Phi) is 4.07. The van der Waals surface area contributed by atoms with Gasteiger partial charge in [0.25, 0.3) is 5.56 Å². The SMILES string of the molecule is C#CCn1ncc(NCC(C)C2CC2)c(Br)c1=O. The van der Waals surface area contributed by atoms with E-state index in [-0.39, 0.29) is 12.1 Å². The molecule has 1 N–H and O–H groups in total. The highest BCUT2D eigenvalue weighted by Crippen LogP contribution is 2.36. The fourth-order valence-electron chi connectivity index (χ4n) is 1.89. The van der Waals surface area contributed by atoms with E-state index >= 15 is 0 Å². The Hall–Kier alpha value is -1.28. The van der Waals surface area contributed by atoms with Crippen LogP contribution in [0, 0.1) is 24.2 Å². The van der Waals surface area contributed by atoms with Gasteiger partial charge >= 0.3 is 0 Å². The molecule has 96 valence electrons. The summed E-state index contributed by atoms with van der Waals surface area (Å²) in [6.07, 6.45) is 9.47. The summed E-state index contributed by atoms with van der Waals surface area (Å²) in [5, 5.41) is 7.31. The molecule has 1 aliphatic carbocycles. The molecule has 1 saturated carbocycles. The summed E-state index contributed by atoms with van der Waals surface area (Å²) in [6, 6.07) is 0. The van der Waals surface area contributed by atoms with Gasteiger partial charge in [0.15, 0.2) is 0 Å². The predicted molar refractivity (Wildman–Crippen MR) is 75.4 cm³/mol. The molecule has 0 saturated heterocycles. The van der Waals surface area contributed by atoms with Gasteiger partial charge in [-0.15, -0.1) is 6.42 Å². The summed E-state index contributed by atoms with van der Waals surface area (Å²) >= 11 is 3.30. The van der Waals surface area contributed by atoms with Crippen molar-refractivity contribution in [3.63, 3.8) is 0 Å². The van der Waals surface area contributed by atoms with Gasteiger partial charge in [0.05, 0.1) is 11.9 Å². The Labute approximate surface area is 115 Å². The molecule has 5 heteroatoms. The van der Waals surface area contributed by atoms with Crippen LogP contribution in [0.2, 0.25) is 0 Å². The van der Waals surface area contributed by atoms with Crippen molar-refractivity contribution in [3.8, 4) is 12.3 Å². The molecule has 4 nitrogen and oxygen atoms in total. The maximum atomic E-state index is 11.9. The van der Waals surface area contributed by atoms with Gasteiger partial charge in [-0.2, -0.15) is 5.10 Å². The lowest BCUT2D eigenvalue weighted by molar-refractivity contribution is 0.536. The minimum absolute atomic E-state index is 0.191. The van der Waals surface area contributed by atoms with Gasteiger partial charge in [0, 0.05) is 6.54 Å². The number of halogens is 1. The van der Waals surface area contributed by atoms with Gasteiger partial charge in [-0.05, 0) is 40.6 Å². The molecule has 0 radical (unpaired) electrons. The highest BCUT2D eigenvalue weighted by Gasteiger charge is 2.27. The molecule has 0 spiro atoms. The third-order valence-electron chi connectivity index (χ3n) is 3.27. The van der Waals surface area contributed by atoms with Crippen LogP contribution in [-0.2, 0) is 6.54 Å². The van der Waals surface area contributed by atoms with Gasteiger partial charge in [-0.1, -0.05) is 12.8 Å². The van der Waals surface area contributed by atoms with Crippen molar-refractivity contribution in [1.29, 1.82) is 0 Å². The van der Waals surface area contributed by atoms with Crippen LogP contribution in [0.15, 0.2) is 15.5 Å². The van der Waals surface area contributed by atoms with Crippen LogP contribution in [0.25, 0.3) is 0 Å². The van der Waals surface area contributed by atoms with E-state index in [9.17, 15) is 4.79 Å². The average molecular weight is 310 g/mol. The monoisotopic (exact) mass is 309 g/mol. The van der Waals surface area contributed by atoms with Crippen molar-refractivity contribution in [1.82, 2.24) is 9.78 Å². The van der Waals surface area contributed by atoms with Crippen LogP contribution in [0.3, 0.4) is 0 Å². The first kappa shape index (κ1) is 13.2. The summed E-state index contributed by atoms with van der Waals surface area (Å²) in [6.45, 7) is 3.28. The predicted octanol–water partition coefficient (Wildman–Crippen LogP) is 2.10. The molecule has 0 aromatic carbocycles. The lowest BCUT2D eigenvalue weighted by atomic mass is 10.1. The second kappa shape index (κ2) is 5.57. The Morgan fingerprint density at radius 2 is 2.44 bits per heavy atom. The first-order valence-corrected chi connectivity index (χ1v) is 6.85. The molecule has 18 heavy (non-hydrogen) atoms. The van der Waals surface area contributed by atoms with Crippen molar-refractivity contribution in [3.05, 3.63) is 21.0 Å². The summed E-state index contributed by atoms with van der Waals surface area (Å²) in [5.74, 6) is 3.87. The molecule has 1 fully saturated rings. The fourth-order valence-corrected chi connectivity index (χ4v) is 2.34. The normalized spacial score (nSPS) is 16.1. The van der Waals surface area contributed by atoms with Crippen molar-refractivity contribution < 1.29 is 0 Å². The first-order chi connectivity index (χ1) is 8.63. The van der Waals surface area contributed by atoms with Gasteiger partial charge in [-0.25, -0.2) is 4.68 Å². The lowest BCUT2D eigenvalue weighted by Crippen LogP contribution is -2.25. The van der Waals surface area contributed by atoms with E-state index < -0.39 is 0 Å². The minimum atomic E-state index is -0.197. The Morgan fingerprint density at radius 3 is 3.06 bits per heavy atom. The highest BCUT2D eigenvalue weighted by atomic mass is 79.9. The van der Waals surface area contributed by atoms with Crippen molar-refractivity contribution in [2.24, 2.45) is 11.8 Å². The van der Waals surface area contributed by atoms with E-state index in [1.54, 1.807) is 6.20 Å². The molecular formula is C13H16BrN3O. The maximum Gasteiger partial charge on any atom is 0.284 e. The van der Waals surface area contributed by atoms with Crippen LogP contribution in [0.4, 0.5) is 5.69 Å². The fraction of sp³-hybridized carbons (Fsp3) is 0.538. The number of rotatable bonds is 5. The van der Waals surface area contributed by atoms with E-state index in [4.69, 9.17) is 6.42 Å². The van der Waals surface area contributed by atoms with Crippen LogP contribution < -0.4 is 10.9 Å². The molecule has 0 amide bonds. The summed E-state index contributed by atoms with van der Waals surface area (Å²) in [7, 11) is 0. The van der Waals surface area contributed by atoms with E-state index in [1.165, 1.54) is 17.5 Å². The van der Waals surface area contributed by atoms with Crippen molar-refractivity contribution >= 4 is 21.6 Å². The second-order valence-corrected chi connectivity index (χ2v) is 5.53. The zero-order chi connectivity index (χ0) is 13.1. The van der Waals surface area contributed by atoms with E-state index in [0.29, 0.717) is 10.4 Å². The molecule has 0 bridgehead atoms. The van der Waals surface area contributed by atoms with Crippen LogP contribution >= 0.6 is 15.9 Å². The lowest BCUT2D eigenvalue weighted by Gasteiger charge is -2.13. The maximum absolute atomic E-state index is 11.9. The molecule has 1 aliphatic rings. The van der Waals surface area contributed by atoms with Crippen LogP contribution in [0.1, 0.15) is 19.8 Å². The third-order valence-corrected chi connectivity index (χ3v) is 4.03. The van der Waals surface area contributed by atoms with Gasteiger partial charge < -0.3 is 5.32 Å². The van der Waals surface area contributed by atoms with E-state index in [1.807, 2.05) is 0 Å². The Balaban J connectivity index is 2.07. The quantitative estimate of drug-likeness (QED) is 0.847.